The van der Waals surface area contributed by atoms with Crippen molar-refractivity contribution in [3.05, 3.63) is 23.8 Å². The Labute approximate surface area is 108 Å². The molecule has 1 aromatic rings. The Morgan fingerprint density at radius 1 is 1.11 bits per heavy atom. The van der Waals surface area contributed by atoms with Crippen molar-refractivity contribution in [1.82, 2.24) is 5.32 Å². The third kappa shape index (κ3) is 3.39. The first-order valence-electron chi connectivity index (χ1n) is 6.01. The summed E-state index contributed by atoms with van der Waals surface area (Å²) in [6, 6.07) is 5.59. The number of methoxy groups -OCH3 is 2. The molecule has 18 heavy (non-hydrogen) atoms. The Kier molecular flexibility index (Phi) is 5.01. The Balaban J connectivity index is 2.86. The van der Waals surface area contributed by atoms with E-state index in [1.165, 1.54) is 0 Å². The maximum Gasteiger partial charge on any atom is 0.223 e. The van der Waals surface area contributed by atoms with E-state index in [2.05, 4.69) is 5.32 Å². The molecular weight excluding hydrogens is 230 g/mol. The van der Waals surface area contributed by atoms with Gasteiger partial charge in [-0.2, -0.15) is 0 Å². The molecule has 0 aliphatic carbocycles. The average molecular weight is 251 g/mol. The van der Waals surface area contributed by atoms with Crippen LogP contribution in [0.25, 0.3) is 0 Å². The van der Waals surface area contributed by atoms with Gasteiger partial charge in [0.25, 0.3) is 0 Å². The molecule has 0 saturated carbocycles. The molecule has 1 N–H and O–H groups in total. The van der Waals surface area contributed by atoms with Crippen LogP contribution in [0, 0.1) is 5.92 Å². The van der Waals surface area contributed by atoms with Crippen LogP contribution in [0.1, 0.15) is 32.4 Å². The second-order valence-electron chi connectivity index (χ2n) is 4.50. The van der Waals surface area contributed by atoms with E-state index in [4.69, 9.17) is 9.47 Å². The largest absolute Gasteiger partial charge is 0.493 e. The Bertz CT molecular complexity index is 416. The predicted octanol–water partition coefficient (Wildman–Crippen LogP) is 2.54. The fourth-order valence-corrected chi connectivity index (χ4v) is 1.59. The Hall–Kier alpha value is -1.71. The molecule has 1 amide bonds. The standard InChI is InChI=1S/C14H21NO3/c1-9(2)14(16)15-10(3)11-6-7-12(17-4)13(8-11)18-5/h6-10H,1-5H3,(H,15,16). The first-order valence-corrected chi connectivity index (χ1v) is 6.01. The molecule has 4 heteroatoms. The van der Waals surface area contributed by atoms with Gasteiger partial charge in [0.15, 0.2) is 11.5 Å². The fraction of sp³-hybridized carbons (Fsp3) is 0.500. The summed E-state index contributed by atoms with van der Waals surface area (Å²) in [5, 5.41) is 2.95. The predicted molar refractivity (Wildman–Crippen MR) is 70.9 cm³/mol. The van der Waals surface area contributed by atoms with Crippen molar-refractivity contribution in [3.8, 4) is 11.5 Å². The quantitative estimate of drug-likeness (QED) is 0.874. The molecule has 0 saturated heterocycles. The molecule has 4 nitrogen and oxygen atoms in total. The van der Waals surface area contributed by atoms with Gasteiger partial charge in [-0.05, 0) is 24.6 Å². The number of hydrogen-bond acceptors (Lipinski definition) is 3. The van der Waals surface area contributed by atoms with Crippen LogP contribution in [0.3, 0.4) is 0 Å². The topological polar surface area (TPSA) is 47.6 Å². The van der Waals surface area contributed by atoms with Gasteiger partial charge in [0, 0.05) is 5.92 Å². The summed E-state index contributed by atoms with van der Waals surface area (Å²) in [6.45, 7) is 5.69. The number of nitrogens with one attached hydrogen (secondary N) is 1. The summed E-state index contributed by atoms with van der Waals surface area (Å²) in [6.07, 6.45) is 0. The van der Waals surface area contributed by atoms with Gasteiger partial charge in [-0.1, -0.05) is 19.9 Å². The van der Waals surface area contributed by atoms with Gasteiger partial charge in [0.2, 0.25) is 5.91 Å². The number of rotatable bonds is 5. The zero-order chi connectivity index (χ0) is 13.7. The monoisotopic (exact) mass is 251 g/mol. The van der Waals surface area contributed by atoms with E-state index in [1.54, 1.807) is 14.2 Å². The lowest BCUT2D eigenvalue weighted by atomic mass is 10.1. The van der Waals surface area contributed by atoms with Gasteiger partial charge in [-0.15, -0.1) is 0 Å². The minimum Gasteiger partial charge on any atom is -0.493 e. The zero-order valence-electron chi connectivity index (χ0n) is 11.6. The minimum absolute atomic E-state index is 0.0207. The van der Waals surface area contributed by atoms with Gasteiger partial charge < -0.3 is 14.8 Å². The first kappa shape index (κ1) is 14.4. The SMILES string of the molecule is COc1ccc(C(C)NC(=O)C(C)C)cc1OC. The van der Waals surface area contributed by atoms with Gasteiger partial charge >= 0.3 is 0 Å². The van der Waals surface area contributed by atoms with Crippen LogP contribution in [0.5, 0.6) is 11.5 Å². The lowest BCUT2D eigenvalue weighted by Crippen LogP contribution is -2.30. The third-order valence-corrected chi connectivity index (χ3v) is 2.79. The number of amides is 1. The van der Waals surface area contributed by atoms with E-state index >= 15 is 0 Å². The van der Waals surface area contributed by atoms with Crippen LogP contribution < -0.4 is 14.8 Å². The molecule has 1 atom stereocenters. The van der Waals surface area contributed by atoms with Crippen LogP contribution in [0.15, 0.2) is 18.2 Å². The molecule has 1 aromatic carbocycles. The normalized spacial score (nSPS) is 12.1. The molecule has 100 valence electrons. The van der Waals surface area contributed by atoms with Gasteiger partial charge in [0.1, 0.15) is 0 Å². The van der Waals surface area contributed by atoms with Gasteiger partial charge in [0.05, 0.1) is 20.3 Å². The zero-order valence-corrected chi connectivity index (χ0v) is 11.6. The number of carbonyl (C=O) groups is 1. The molecule has 0 bridgehead atoms. The summed E-state index contributed by atoms with van der Waals surface area (Å²) in [5.74, 6) is 1.37. The molecule has 0 spiro atoms. The van der Waals surface area contributed by atoms with Gasteiger partial charge in [-0.3, -0.25) is 4.79 Å². The van der Waals surface area contributed by atoms with Crippen molar-refractivity contribution >= 4 is 5.91 Å². The second-order valence-corrected chi connectivity index (χ2v) is 4.50. The highest BCUT2D eigenvalue weighted by Crippen LogP contribution is 2.29. The lowest BCUT2D eigenvalue weighted by Gasteiger charge is -2.17. The van der Waals surface area contributed by atoms with Crippen molar-refractivity contribution in [3.63, 3.8) is 0 Å². The molecule has 1 rings (SSSR count). The van der Waals surface area contributed by atoms with Crippen molar-refractivity contribution < 1.29 is 14.3 Å². The van der Waals surface area contributed by atoms with Crippen molar-refractivity contribution in [2.45, 2.75) is 26.8 Å². The molecule has 0 radical (unpaired) electrons. The number of carbonyl (C=O) groups excluding carboxylic acids is 1. The van der Waals surface area contributed by atoms with Crippen LogP contribution in [-0.4, -0.2) is 20.1 Å². The molecule has 0 aromatic heterocycles. The van der Waals surface area contributed by atoms with Crippen molar-refractivity contribution in [2.24, 2.45) is 5.92 Å². The summed E-state index contributed by atoms with van der Waals surface area (Å²) in [5.41, 5.74) is 0.988. The van der Waals surface area contributed by atoms with Crippen LogP contribution >= 0.6 is 0 Å². The van der Waals surface area contributed by atoms with E-state index in [0.29, 0.717) is 11.5 Å². The molecule has 0 aliphatic heterocycles. The highest BCUT2D eigenvalue weighted by Gasteiger charge is 2.14. The van der Waals surface area contributed by atoms with Crippen LogP contribution in [-0.2, 0) is 4.79 Å². The number of benzene rings is 1. The van der Waals surface area contributed by atoms with Gasteiger partial charge in [-0.25, -0.2) is 0 Å². The van der Waals surface area contributed by atoms with E-state index in [1.807, 2.05) is 39.0 Å². The molecule has 0 aliphatic rings. The smallest absolute Gasteiger partial charge is 0.223 e. The summed E-state index contributed by atoms with van der Waals surface area (Å²) in [7, 11) is 3.19. The maximum atomic E-state index is 11.6. The summed E-state index contributed by atoms with van der Waals surface area (Å²) < 4.78 is 10.4. The van der Waals surface area contributed by atoms with Crippen LogP contribution in [0.2, 0.25) is 0 Å². The average Bonchev–Trinajstić information content (AvgIpc) is 2.37. The molecule has 1 unspecified atom stereocenters. The van der Waals surface area contributed by atoms with E-state index in [9.17, 15) is 4.79 Å². The number of ether oxygens (including phenoxy) is 2. The fourth-order valence-electron chi connectivity index (χ4n) is 1.59. The molecule has 0 heterocycles. The summed E-state index contributed by atoms with van der Waals surface area (Å²) in [4.78, 5) is 11.6. The first-order chi connectivity index (χ1) is 8.49. The highest BCUT2D eigenvalue weighted by molar-refractivity contribution is 5.78. The Morgan fingerprint density at radius 2 is 1.72 bits per heavy atom. The summed E-state index contributed by atoms with van der Waals surface area (Å²) >= 11 is 0. The van der Waals surface area contributed by atoms with E-state index in [0.717, 1.165) is 5.56 Å². The molecule has 0 fully saturated rings. The highest BCUT2D eigenvalue weighted by atomic mass is 16.5. The minimum atomic E-state index is -0.0558. The Morgan fingerprint density at radius 3 is 2.22 bits per heavy atom. The van der Waals surface area contributed by atoms with Crippen molar-refractivity contribution in [2.75, 3.05) is 14.2 Å². The second kappa shape index (κ2) is 6.28. The third-order valence-electron chi connectivity index (χ3n) is 2.79. The van der Waals surface area contributed by atoms with E-state index in [-0.39, 0.29) is 17.9 Å². The van der Waals surface area contributed by atoms with Crippen LogP contribution in [0.4, 0.5) is 0 Å². The maximum absolute atomic E-state index is 11.6. The molecular formula is C14H21NO3. The lowest BCUT2D eigenvalue weighted by molar-refractivity contribution is -0.124. The van der Waals surface area contributed by atoms with E-state index < -0.39 is 0 Å². The number of hydrogen-bond donors (Lipinski definition) is 1. The van der Waals surface area contributed by atoms with Crippen molar-refractivity contribution in [1.29, 1.82) is 0 Å².